The Morgan fingerprint density at radius 1 is 1.10 bits per heavy atom. The number of unbranched alkanes of at least 4 members (excludes halogenated alkanes) is 7. The van der Waals surface area contributed by atoms with Gasteiger partial charge >= 0.3 is 5.97 Å². The highest BCUT2D eigenvalue weighted by atomic mass is 16.9. The fourth-order valence-corrected chi connectivity index (χ4v) is 8.98. The standard InChI is InChI=1S/C34H48O8/c1-6-7-8-9-10-11-12-13-14-15-16-17-32-40-27-25-28-31(20-35,39-28)29(37)33(38)24(18-22(4)26(33)36)34(25,42-32)23(5)19-30(27,41-32)21(2)3/h14-18,23-25,27-29,35,37-38H,2,6-13,19-20H2,1,3-5H3/b15-14-,17-16-/t23-,24-,25-,27-,28+,29-,30-,31+,32-,33-,34+/m1/s1. The summed E-state index contributed by atoms with van der Waals surface area (Å²) in [5.41, 5.74) is -4.66. The van der Waals surface area contributed by atoms with Crippen LogP contribution in [0.1, 0.15) is 85.5 Å². The van der Waals surface area contributed by atoms with Gasteiger partial charge in [0.2, 0.25) is 0 Å². The molecule has 2 saturated carbocycles. The molecule has 3 N–H and O–H groups in total. The Kier molecular flexibility index (Phi) is 7.57. The lowest BCUT2D eigenvalue weighted by Crippen LogP contribution is -2.72. The zero-order valence-electron chi connectivity index (χ0n) is 25.5. The Morgan fingerprint density at radius 2 is 1.81 bits per heavy atom. The minimum atomic E-state index is -2.22. The normalized spacial score (nSPS) is 48.4. The second kappa shape index (κ2) is 10.5. The molecule has 0 spiro atoms. The van der Waals surface area contributed by atoms with Crippen molar-refractivity contribution < 1.29 is 39.1 Å². The van der Waals surface area contributed by atoms with Gasteiger partial charge in [0, 0.05) is 17.9 Å². The van der Waals surface area contributed by atoms with Gasteiger partial charge in [0.1, 0.15) is 29.5 Å². The Hall–Kier alpha value is -1.65. The number of hydrogen-bond acceptors (Lipinski definition) is 8. The van der Waals surface area contributed by atoms with Crippen LogP contribution in [0.2, 0.25) is 0 Å². The molecule has 3 bridgehead atoms. The SMILES string of the molecule is C=C(C)[C@]12C[C@@H](C)[C@@]34O[C@](/C=C\C=C/CCCCCCCCC)(O[C@@H]1[C@@H]3[C@@H]1O[C@]1(CO)[C@@H](O)[C@]1(O)C(=O)C(C)=C[C@H]14)O2. The van der Waals surface area contributed by atoms with E-state index >= 15 is 0 Å². The number of allylic oxidation sites excluding steroid dienone is 3. The molecule has 0 unspecified atom stereocenters. The van der Waals surface area contributed by atoms with E-state index in [-0.39, 0.29) is 5.92 Å². The molecule has 0 aromatic heterocycles. The number of carbonyl (C=O) groups is 1. The molecule has 0 amide bonds. The van der Waals surface area contributed by atoms with Crippen molar-refractivity contribution in [2.75, 3.05) is 6.61 Å². The van der Waals surface area contributed by atoms with Gasteiger partial charge in [-0.15, -0.1) is 0 Å². The lowest BCUT2D eigenvalue weighted by Gasteiger charge is -2.59. The number of aliphatic hydroxyl groups is 3. The molecule has 6 rings (SSSR count). The lowest BCUT2D eigenvalue weighted by atomic mass is 9.54. The fourth-order valence-electron chi connectivity index (χ4n) is 8.98. The highest BCUT2D eigenvalue weighted by Gasteiger charge is 2.88. The van der Waals surface area contributed by atoms with Gasteiger partial charge in [-0.2, -0.15) is 0 Å². The topological polar surface area (TPSA) is 118 Å². The monoisotopic (exact) mass is 584 g/mol. The van der Waals surface area contributed by atoms with Crippen LogP contribution >= 0.6 is 0 Å². The van der Waals surface area contributed by atoms with Gasteiger partial charge in [-0.25, -0.2) is 0 Å². The third kappa shape index (κ3) is 3.95. The summed E-state index contributed by atoms with van der Waals surface area (Å²) in [6, 6.07) is 0. The Labute approximate surface area is 249 Å². The third-order valence-electron chi connectivity index (χ3n) is 11.2. The summed E-state index contributed by atoms with van der Waals surface area (Å²) < 4.78 is 26.5. The van der Waals surface area contributed by atoms with Crippen LogP contribution in [0.4, 0.5) is 0 Å². The molecule has 232 valence electrons. The van der Waals surface area contributed by atoms with E-state index in [4.69, 9.17) is 18.9 Å². The summed E-state index contributed by atoms with van der Waals surface area (Å²) in [6.45, 7) is 11.6. The van der Waals surface area contributed by atoms with Crippen LogP contribution in [0, 0.1) is 17.8 Å². The first-order valence-corrected chi connectivity index (χ1v) is 16.0. The second-order valence-electron chi connectivity index (χ2n) is 13.7. The Balaban J connectivity index is 1.31. The first kappa shape index (κ1) is 30.4. The van der Waals surface area contributed by atoms with E-state index < -0.39 is 70.9 Å². The van der Waals surface area contributed by atoms with Crippen molar-refractivity contribution in [3.63, 3.8) is 0 Å². The van der Waals surface area contributed by atoms with E-state index in [1.165, 1.54) is 38.5 Å². The van der Waals surface area contributed by atoms with Gasteiger partial charge in [0.15, 0.2) is 11.4 Å². The number of hydrogen-bond donors (Lipinski definition) is 3. The molecular weight excluding hydrogens is 536 g/mol. The molecule has 0 aromatic rings. The number of epoxide rings is 1. The summed E-state index contributed by atoms with van der Waals surface area (Å²) >= 11 is 0. The van der Waals surface area contributed by atoms with Crippen molar-refractivity contribution in [3.05, 3.63) is 48.1 Å². The predicted molar refractivity (Wildman–Crippen MR) is 156 cm³/mol. The smallest absolute Gasteiger partial charge is 0.306 e. The lowest BCUT2D eigenvalue weighted by molar-refractivity contribution is -0.406. The largest absolute Gasteiger partial charge is 0.393 e. The zero-order valence-corrected chi connectivity index (χ0v) is 25.5. The summed E-state index contributed by atoms with van der Waals surface area (Å²) in [5.74, 6) is -3.80. The van der Waals surface area contributed by atoms with Crippen molar-refractivity contribution in [2.24, 2.45) is 17.8 Å². The summed E-state index contributed by atoms with van der Waals surface area (Å²) in [5, 5.41) is 34.2. The number of ether oxygens (including phenoxy) is 4. The molecule has 5 fully saturated rings. The van der Waals surface area contributed by atoms with Gasteiger partial charge in [0.05, 0.1) is 12.2 Å². The van der Waals surface area contributed by atoms with Crippen molar-refractivity contribution in [2.45, 2.75) is 132 Å². The molecule has 3 saturated heterocycles. The molecule has 6 aliphatic rings. The third-order valence-corrected chi connectivity index (χ3v) is 11.2. The number of carbonyl (C=O) groups excluding carboxylic acids is 1. The van der Waals surface area contributed by atoms with E-state index in [0.717, 1.165) is 18.4 Å². The first-order valence-electron chi connectivity index (χ1n) is 16.0. The number of fused-ring (bicyclic) bond motifs is 3. The van der Waals surface area contributed by atoms with Crippen LogP contribution in [-0.4, -0.2) is 74.4 Å². The summed E-state index contributed by atoms with van der Waals surface area (Å²) in [6.07, 6.45) is 16.9. The predicted octanol–water partition coefficient (Wildman–Crippen LogP) is 4.43. The van der Waals surface area contributed by atoms with Gasteiger partial charge in [-0.05, 0) is 50.2 Å². The van der Waals surface area contributed by atoms with Crippen LogP contribution < -0.4 is 0 Å². The van der Waals surface area contributed by atoms with Gasteiger partial charge in [-0.3, -0.25) is 4.79 Å². The molecule has 8 heteroatoms. The molecule has 3 aliphatic carbocycles. The van der Waals surface area contributed by atoms with Crippen molar-refractivity contribution in [3.8, 4) is 0 Å². The molecule has 8 nitrogen and oxygen atoms in total. The number of Topliss-reactive ketones (excluding diaryl/α,β-unsaturated/α-hetero) is 1. The molecule has 42 heavy (non-hydrogen) atoms. The average molecular weight is 585 g/mol. The van der Waals surface area contributed by atoms with Crippen molar-refractivity contribution in [1.82, 2.24) is 0 Å². The summed E-state index contributed by atoms with van der Waals surface area (Å²) in [7, 11) is 0. The van der Waals surface area contributed by atoms with Crippen molar-refractivity contribution in [1.29, 1.82) is 0 Å². The molecule has 11 atom stereocenters. The molecule has 3 aliphatic heterocycles. The molecular formula is C34H48O8. The molecule has 3 heterocycles. The average Bonchev–Trinajstić information content (AvgIpc) is 3.60. The van der Waals surface area contributed by atoms with E-state index in [1.54, 1.807) is 19.1 Å². The zero-order chi connectivity index (χ0) is 30.1. The highest BCUT2D eigenvalue weighted by Crippen LogP contribution is 2.72. The van der Waals surface area contributed by atoms with Gasteiger partial charge in [0.25, 0.3) is 0 Å². The van der Waals surface area contributed by atoms with E-state index in [0.29, 0.717) is 12.0 Å². The number of aliphatic hydroxyl groups excluding tert-OH is 2. The first-order chi connectivity index (χ1) is 20.0. The van der Waals surface area contributed by atoms with Crippen LogP contribution in [-0.2, 0) is 23.7 Å². The van der Waals surface area contributed by atoms with Crippen LogP contribution in [0.3, 0.4) is 0 Å². The van der Waals surface area contributed by atoms with Crippen LogP contribution in [0.5, 0.6) is 0 Å². The maximum Gasteiger partial charge on any atom is 0.306 e. The highest BCUT2D eigenvalue weighted by molar-refractivity contribution is 6.05. The summed E-state index contributed by atoms with van der Waals surface area (Å²) in [4.78, 5) is 13.5. The minimum absolute atomic E-state index is 0.236. The fraction of sp³-hybridized carbons (Fsp3) is 0.735. The number of ketones is 1. The quantitative estimate of drug-likeness (QED) is 0.134. The van der Waals surface area contributed by atoms with Crippen LogP contribution in [0.15, 0.2) is 48.1 Å². The maximum absolute atomic E-state index is 13.5. The van der Waals surface area contributed by atoms with Crippen LogP contribution in [0.25, 0.3) is 0 Å². The number of rotatable bonds is 12. The second-order valence-corrected chi connectivity index (χ2v) is 13.7. The van der Waals surface area contributed by atoms with Gasteiger partial charge in [-0.1, -0.05) is 83.3 Å². The Morgan fingerprint density at radius 3 is 2.50 bits per heavy atom. The molecule has 0 aromatic carbocycles. The molecule has 0 radical (unpaired) electrons. The maximum atomic E-state index is 13.5. The van der Waals surface area contributed by atoms with Gasteiger partial charge < -0.3 is 34.3 Å². The van der Waals surface area contributed by atoms with E-state index in [1.807, 2.05) is 26.0 Å². The van der Waals surface area contributed by atoms with E-state index in [9.17, 15) is 20.1 Å². The minimum Gasteiger partial charge on any atom is -0.393 e. The Bertz CT molecular complexity index is 1210. The van der Waals surface area contributed by atoms with Crippen molar-refractivity contribution >= 4 is 5.78 Å². The van der Waals surface area contributed by atoms with E-state index in [2.05, 4.69) is 19.6 Å².